The fourth-order valence-electron chi connectivity index (χ4n) is 3.51. The maximum absolute atomic E-state index is 12.6. The molecule has 2 aromatic carbocycles. The maximum atomic E-state index is 12.6. The summed E-state index contributed by atoms with van der Waals surface area (Å²) >= 11 is 6.43. The van der Waals surface area contributed by atoms with E-state index in [9.17, 15) is 4.79 Å². The molecule has 31 heavy (non-hydrogen) atoms. The Balaban J connectivity index is 1.74. The zero-order valence-electron chi connectivity index (χ0n) is 17.9. The van der Waals surface area contributed by atoms with Crippen molar-refractivity contribution in [2.24, 2.45) is 10.9 Å². The molecule has 0 atom stereocenters. The van der Waals surface area contributed by atoms with Gasteiger partial charge in [-0.05, 0) is 59.9 Å². The van der Waals surface area contributed by atoms with Crippen molar-refractivity contribution in [2.45, 2.75) is 27.2 Å². The number of hydrogen-bond donors (Lipinski definition) is 2. The third kappa shape index (κ3) is 4.94. The molecule has 0 unspecified atom stereocenters. The second-order valence-corrected chi connectivity index (χ2v) is 8.58. The number of fused-ring (bicyclic) bond motifs is 1. The van der Waals surface area contributed by atoms with Crippen molar-refractivity contribution in [1.82, 2.24) is 4.98 Å². The van der Waals surface area contributed by atoms with Crippen LogP contribution in [-0.4, -0.2) is 23.1 Å². The quantitative estimate of drug-likeness (QED) is 0.501. The molecular weight excluding hydrogens is 408 g/mol. The summed E-state index contributed by atoms with van der Waals surface area (Å²) in [6.07, 6.45) is 2.00. The summed E-state index contributed by atoms with van der Waals surface area (Å²) in [5.74, 6) is 0.370. The largest absolute Gasteiger partial charge is 0.384 e. The second kappa shape index (κ2) is 8.90. The number of aryl methyl sites for hydroxylation is 1. The van der Waals surface area contributed by atoms with E-state index in [4.69, 9.17) is 16.6 Å². The number of halogens is 1. The van der Waals surface area contributed by atoms with E-state index in [-0.39, 0.29) is 12.3 Å². The molecular formula is C25H25ClN4O. The molecule has 5 nitrogen and oxygen atoms in total. The number of nitrogens with zero attached hydrogens (tertiary/aromatic N) is 2. The first kappa shape index (κ1) is 21.1. The van der Waals surface area contributed by atoms with E-state index < -0.39 is 0 Å². The molecule has 2 N–H and O–H groups in total. The number of rotatable bonds is 5. The lowest BCUT2D eigenvalue weighted by molar-refractivity contribution is -0.115. The molecule has 3 aromatic rings. The third-order valence-corrected chi connectivity index (χ3v) is 5.38. The number of hydrogen-bond acceptors (Lipinski definition) is 4. The summed E-state index contributed by atoms with van der Waals surface area (Å²) in [4.78, 5) is 21.7. The van der Waals surface area contributed by atoms with E-state index in [1.807, 2.05) is 37.3 Å². The van der Waals surface area contributed by atoms with Crippen LogP contribution in [0.15, 0.2) is 59.7 Å². The first-order valence-corrected chi connectivity index (χ1v) is 10.7. The van der Waals surface area contributed by atoms with Gasteiger partial charge in [0.05, 0.1) is 34.2 Å². The molecule has 0 bridgehead atoms. The number of amides is 1. The van der Waals surface area contributed by atoms with E-state index in [2.05, 4.69) is 41.6 Å². The molecule has 2 heterocycles. The first-order valence-electron chi connectivity index (χ1n) is 10.4. The van der Waals surface area contributed by atoms with Gasteiger partial charge in [-0.25, -0.2) is 0 Å². The Kier molecular flexibility index (Phi) is 6.05. The van der Waals surface area contributed by atoms with Crippen molar-refractivity contribution in [2.75, 3.05) is 17.2 Å². The normalized spacial score (nSPS) is 13.3. The van der Waals surface area contributed by atoms with Crippen LogP contribution in [0.3, 0.4) is 0 Å². The summed E-state index contributed by atoms with van der Waals surface area (Å²) in [5, 5.41) is 6.86. The van der Waals surface area contributed by atoms with Gasteiger partial charge in [-0.1, -0.05) is 43.6 Å². The van der Waals surface area contributed by atoms with Gasteiger partial charge in [-0.2, -0.15) is 0 Å². The smallest absolute Gasteiger partial charge is 0.230 e. The van der Waals surface area contributed by atoms with Gasteiger partial charge in [0.15, 0.2) is 0 Å². The number of aliphatic imine (C=N–C) groups is 1. The number of anilines is 2. The minimum Gasteiger partial charge on any atom is -0.384 e. The van der Waals surface area contributed by atoms with Gasteiger partial charge in [0, 0.05) is 18.4 Å². The van der Waals surface area contributed by atoms with E-state index >= 15 is 0 Å². The standard InChI is InChI=1S/C25H25ClN4O/c1-15(2)14-28-22-12-24-23(11-20(22)26)30-25(31)13-21(29-24)19-6-4-5-17(10-19)18-7-8-27-16(3)9-18/h4-12,15,28H,13-14H2,1-3H3,(H,30,31). The van der Waals surface area contributed by atoms with Crippen LogP contribution in [0.1, 0.15) is 31.5 Å². The van der Waals surface area contributed by atoms with Gasteiger partial charge in [0.25, 0.3) is 0 Å². The molecule has 0 spiro atoms. The zero-order chi connectivity index (χ0) is 22.0. The highest BCUT2D eigenvalue weighted by Crippen LogP contribution is 2.37. The fraction of sp³-hybridized carbons (Fsp3) is 0.240. The van der Waals surface area contributed by atoms with Gasteiger partial charge in [-0.15, -0.1) is 0 Å². The summed E-state index contributed by atoms with van der Waals surface area (Å²) < 4.78 is 0. The summed E-state index contributed by atoms with van der Waals surface area (Å²) in [7, 11) is 0. The molecule has 0 radical (unpaired) electrons. The van der Waals surface area contributed by atoms with Gasteiger partial charge in [0.1, 0.15) is 0 Å². The molecule has 6 heteroatoms. The van der Waals surface area contributed by atoms with Crippen LogP contribution >= 0.6 is 11.6 Å². The predicted octanol–water partition coefficient (Wildman–Crippen LogP) is 6.24. The molecule has 158 valence electrons. The lowest BCUT2D eigenvalue weighted by Gasteiger charge is -2.13. The summed E-state index contributed by atoms with van der Waals surface area (Å²) in [5.41, 5.74) is 6.88. The van der Waals surface area contributed by atoms with E-state index in [0.29, 0.717) is 22.3 Å². The predicted molar refractivity (Wildman–Crippen MR) is 129 cm³/mol. The Morgan fingerprint density at radius 3 is 2.65 bits per heavy atom. The molecule has 4 rings (SSSR count). The highest BCUT2D eigenvalue weighted by molar-refractivity contribution is 6.34. The monoisotopic (exact) mass is 432 g/mol. The van der Waals surface area contributed by atoms with Gasteiger partial charge >= 0.3 is 0 Å². The number of carbonyl (C=O) groups is 1. The molecule has 1 aliphatic rings. The van der Waals surface area contributed by atoms with E-state index in [0.717, 1.165) is 40.3 Å². The topological polar surface area (TPSA) is 66.4 Å². The average Bonchev–Trinajstić information content (AvgIpc) is 2.89. The minimum atomic E-state index is -0.110. The zero-order valence-corrected chi connectivity index (χ0v) is 18.6. The number of pyridine rings is 1. The van der Waals surface area contributed by atoms with Crippen LogP contribution in [0.2, 0.25) is 5.02 Å². The van der Waals surface area contributed by atoms with Crippen molar-refractivity contribution in [1.29, 1.82) is 0 Å². The Morgan fingerprint density at radius 1 is 1.10 bits per heavy atom. The minimum absolute atomic E-state index is 0.110. The van der Waals surface area contributed by atoms with Crippen LogP contribution in [0.5, 0.6) is 0 Å². The highest BCUT2D eigenvalue weighted by atomic mass is 35.5. The number of carbonyl (C=O) groups excluding carboxylic acids is 1. The van der Waals surface area contributed by atoms with Crippen molar-refractivity contribution in [3.8, 4) is 11.1 Å². The maximum Gasteiger partial charge on any atom is 0.230 e. The Bertz CT molecular complexity index is 1170. The van der Waals surface area contributed by atoms with Crippen LogP contribution < -0.4 is 10.6 Å². The Morgan fingerprint density at radius 2 is 1.87 bits per heavy atom. The van der Waals surface area contributed by atoms with Gasteiger partial charge < -0.3 is 10.6 Å². The van der Waals surface area contributed by atoms with E-state index in [1.54, 1.807) is 12.3 Å². The number of benzene rings is 2. The number of nitrogens with one attached hydrogen (secondary N) is 2. The van der Waals surface area contributed by atoms with Crippen molar-refractivity contribution < 1.29 is 4.79 Å². The molecule has 1 aliphatic heterocycles. The molecule has 0 aliphatic carbocycles. The van der Waals surface area contributed by atoms with Crippen molar-refractivity contribution in [3.05, 3.63) is 71.0 Å². The first-order chi connectivity index (χ1) is 14.9. The SMILES string of the molecule is Cc1cc(-c2cccc(C3=Nc4cc(NCC(C)C)c(Cl)cc4NC(=O)C3)c2)ccn1. The van der Waals surface area contributed by atoms with E-state index in [1.165, 1.54) is 0 Å². The van der Waals surface area contributed by atoms with Crippen LogP contribution in [0.25, 0.3) is 11.1 Å². The average molecular weight is 433 g/mol. The lowest BCUT2D eigenvalue weighted by Crippen LogP contribution is -2.15. The molecule has 0 fully saturated rings. The van der Waals surface area contributed by atoms with Gasteiger partial charge in [-0.3, -0.25) is 14.8 Å². The Labute approximate surface area is 187 Å². The molecule has 0 saturated heterocycles. The molecule has 1 amide bonds. The third-order valence-electron chi connectivity index (χ3n) is 5.07. The van der Waals surface area contributed by atoms with Gasteiger partial charge in [0.2, 0.25) is 5.91 Å². The summed E-state index contributed by atoms with van der Waals surface area (Å²) in [6.45, 7) is 7.05. The highest BCUT2D eigenvalue weighted by Gasteiger charge is 2.19. The molecule has 1 aromatic heterocycles. The fourth-order valence-corrected chi connectivity index (χ4v) is 3.74. The second-order valence-electron chi connectivity index (χ2n) is 8.17. The van der Waals surface area contributed by atoms with Crippen LogP contribution in [0, 0.1) is 12.8 Å². The molecule has 0 saturated carbocycles. The Hall–Kier alpha value is -3.18. The van der Waals surface area contributed by atoms with Crippen molar-refractivity contribution in [3.63, 3.8) is 0 Å². The summed E-state index contributed by atoms with van der Waals surface area (Å²) in [6, 6.07) is 15.8. The van der Waals surface area contributed by atoms with Crippen LogP contribution in [0.4, 0.5) is 17.1 Å². The number of aromatic nitrogens is 1. The van der Waals surface area contributed by atoms with Crippen LogP contribution in [-0.2, 0) is 4.79 Å². The lowest BCUT2D eigenvalue weighted by atomic mass is 10.00. The van der Waals surface area contributed by atoms with Crippen molar-refractivity contribution >= 4 is 40.3 Å².